The highest BCUT2D eigenvalue weighted by atomic mass is 35.5. The fraction of sp³-hybridized carbons (Fsp3) is 0.0833. The third-order valence-electron chi connectivity index (χ3n) is 4.77. The number of rotatable bonds is 8. The number of amides is 2. The highest BCUT2D eigenvalue weighted by molar-refractivity contribution is 8.02. The third-order valence-corrected chi connectivity index (χ3v) is 9.59. The van der Waals surface area contributed by atoms with Crippen LogP contribution in [0.5, 0.6) is 0 Å². The molecule has 0 bridgehead atoms. The van der Waals surface area contributed by atoms with Crippen LogP contribution in [0.25, 0.3) is 20.4 Å². The van der Waals surface area contributed by atoms with Gasteiger partial charge in [0.2, 0.25) is 11.8 Å². The van der Waals surface area contributed by atoms with E-state index in [2.05, 4.69) is 20.6 Å². The van der Waals surface area contributed by atoms with E-state index in [1.807, 2.05) is 36.4 Å². The molecule has 0 saturated heterocycles. The summed E-state index contributed by atoms with van der Waals surface area (Å²) in [5, 5.41) is 7.00. The summed E-state index contributed by atoms with van der Waals surface area (Å²) in [6.07, 6.45) is 0. The minimum absolute atomic E-state index is 0.136. The van der Waals surface area contributed by atoms with Crippen molar-refractivity contribution in [1.29, 1.82) is 0 Å². The van der Waals surface area contributed by atoms with Gasteiger partial charge in [-0.25, -0.2) is 9.97 Å². The normalized spacial score (nSPS) is 11.2. The lowest BCUT2D eigenvalue weighted by atomic mass is 10.3. The fourth-order valence-electron chi connectivity index (χ4n) is 3.17. The maximum absolute atomic E-state index is 12.4. The molecule has 0 aliphatic rings. The van der Waals surface area contributed by atoms with Gasteiger partial charge in [-0.3, -0.25) is 9.59 Å². The third kappa shape index (κ3) is 6.50. The maximum atomic E-state index is 12.4. The van der Waals surface area contributed by atoms with Crippen molar-refractivity contribution in [3.63, 3.8) is 0 Å². The summed E-state index contributed by atoms with van der Waals surface area (Å²) in [5.41, 5.74) is 2.96. The van der Waals surface area contributed by atoms with Crippen LogP contribution in [0, 0.1) is 0 Å². The largest absolute Gasteiger partial charge is 0.325 e. The molecule has 0 spiro atoms. The zero-order chi connectivity index (χ0) is 25.1. The van der Waals surface area contributed by atoms with Crippen LogP contribution in [0.15, 0.2) is 69.3 Å². The summed E-state index contributed by atoms with van der Waals surface area (Å²) in [4.78, 5) is 33.7. The smallest absolute Gasteiger partial charge is 0.234 e. The van der Waals surface area contributed by atoms with Crippen molar-refractivity contribution in [2.24, 2.45) is 0 Å². The lowest BCUT2D eigenvalue weighted by Crippen LogP contribution is -2.15. The molecule has 5 rings (SSSR count). The zero-order valence-corrected chi connectivity index (χ0v) is 23.1. The molecule has 6 nitrogen and oxygen atoms in total. The number of benzene rings is 3. The molecule has 36 heavy (non-hydrogen) atoms. The number of nitrogens with zero attached hydrogens (tertiary/aromatic N) is 2. The van der Waals surface area contributed by atoms with Crippen molar-refractivity contribution in [3.8, 4) is 0 Å². The molecule has 0 atom stereocenters. The molecule has 182 valence electrons. The Labute approximate surface area is 232 Å². The Balaban J connectivity index is 1.08. The van der Waals surface area contributed by atoms with Crippen LogP contribution in [0.4, 0.5) is 11.4 Å². The van der Waals surface area contributed by atoms with Crippen LogP contribution in [-0.4, -0.2) is 33.3 Å². The van der Waals surface area contributed by atoms with Gasteiger partial charge in [-0.15, -0.1) is 22.7 Å². The fourth-order valence-corrected chi connectivity index (χ4v) is 7.20. The van der Waals surface area contributed by atoms with Crippen molar-refractivity contribution in [3.05, 3.63) is 70.7 Å². The topological polar surface area (TPSA) is 84.0 Å². The van der Waals surface area contributed by atoms with E-state index in [9.17, 15) is 9.59 Å². The molecule has 0 aliphatic carbocycles. The standard InChI is InChI=1S/C24H16Cl2N4O2S4/c25-13-1-7-19-17(9-13)29-23(35-19)33-11-21(31)27-15-3-5-16(6-4-15)28-22(32)12-34-24-30-18-10-14(26)2-8-20(18)36-24/h1-10H,11-12H2,(H,27,31)(H,28,32). The highest BCUT2D eigenvalue weighted by Crippen LogP contribution is 2.32. The summed E-state index contributed by atoms with van der Waals surface area (Å²) in [6.45, 7) is 0. The van der Waals surface area contributed by atoms with Crippen LogP contribution in [0.2, 0.25) is 10.0 Å². The Kier molecular flexibility index (Phi) is 8.00. The Hall–Kier alpha value is -2.34. The Morgan fingerprint density at radius 1 is 0.694 bits per heavy atom. The SMILES string of the molecule is O=C(CSc1nc2cc(Cl)ccc2s1)Nc1ccc(NC(=O)CSc2nc3cc(Cl)ccc3s2)cc1. The van der Waals surface area contributed by atoms with Gasteiger partial charge < -0.3 is 10.6 Å². The number of nitrogens with one attached hydrogen (secondary N) is 2. The van der Waals surface area contributed by atoms with E-state index in [4.69, 9.17) is 23.2 Å². The quantitative estimate of drug-likeness (QED) is 0.180. The lowest BCUT2D eigenvalue weighted by Gasteiger charge is -2.07. The second-order valence-corrected chi connectivity index (χ2v) is 12.8. The number of halogens is 2. The number of aromatic nitrogens is 2. The van der Waals surface area contributed by atoms with Gasteiger partial charge in [0.05, 0.1) is 31.9 Å². The average molecular weight is 592 g/mol. The van der Waals surface area contributed by atoms with E-state index in [0.717, 1.165) is 29.1 Å². The summed E-state index contributed by atoms with van der Waals surface area (Å²) in [5.74, 6) is 0.202. The van der Waals surface area contributed by atoms with Gasteiger partial charge in [-0.2, -0.15) is 0 Å². The summed E-state index contributed by atoms with van der Waals surface area (Å²) < 4.78 is 3.69. The molecule has 5 aromatic rings. The molecule has 2 N–H and O–H groups in total. The lowest BCUT2D eigenvalue weighted by molar-refractivity contribution is -0.114. The predicted molar refractivity (Wildman–Crippen MR) is 154 cm³/mol. The highest BCUT2D eigenvalue weighted by Gasteiger charge is 2.11. The number of hydrogen-bond donors (Lipinski definition) is 2. The number of thioether (sulfide) groups is 2. The molecule has 0 unspecified atom stereocenters. The van der Waals surface area contributed by atoms with E-state index in [-0.39, 0.29) is 23.3 Å². The number of carbonyl (C=O) groups excluding carboxylic acids is 2. The van der Waals surface area contributed by atoms with E-state index >= 15 is 0 Å². The van der Waals surface area contributed by atoms with Gasteiger partial charge >= 0.3 is 0 Å². The molecule has 0 radical (unpaired) electrons. The number of carbonyl (C=O) groups is 2. The Bertz CT molecular complexity index is 1450. The number of fused-ring (bicyclic) bond motifs is 2. The molecule has 12 heteroatoms. The summed E-state index contributed by atoms with van der Waals surface area (Å²) in [7, 11) is 0. The monoisotopic (exact) mass is 590 g/mol. The molecule has 0 fully saturated rings. The van der Waals surface area contributed by atoms with Crippen LogP contribution >= 0.6 is 69.4 Å². The van der Waals surface area contributed by atoms with Crippen molar-refractivity contribution < 1.29 is 9.59 Å². The molecule has 2 heterocycles. The van der Waals surface area contributed by atoms with Crippen LogP contribution in [0.1, 0.15) is 0 Å². The first-order valence-corrected chi connectivity index (χ1v) is 14.8. The second-order valence-electron chi connectivity index (χ2n) is 7.43. The second kappa shape index (κ2) is 11.4. The molecule has 2 amide bonds. The molecule has 0 aliphatic heterocycles. The van der Waals surface area contributed by atoms with E-state index in [1.165, 1.54) is 46.2 Å². The van der Waals surface area contributed by atoms with Crippen LogP contribution < -0.4 is 10.6 Å². The summed E-state index contributed by atoms with van der Waals surface area (Å²) >= 11 is 17.8. The molecule has 2 aromatic heterocycles. The summed E-state index contributed by atoms with van der Waals surface area (Å²) in [6, 6.07) is 18.1. The van der Waals surface area contributed by atoms with E-state index in [0.29, 0.717) is 21.4 Å². The minimum atomic E-state index is -0.136. The molecular formula is C24H16Cl2N4O2S4. The van der Waals surface area contributed by atoms with Gasteiger partial charge in [0.25, 0.3) is 0 Å². The molecule has 3 aromatic carbocycles. The molecular weight excluding hydrogens is 575 g/mol. The van der Waals surface area contributed by atoms with Crippen molar-refractivity contribution >= 4 is 113 Å². The predicted octanol–water partition coefficient (Wildman–Crippen LogP) is 7.67. The minimum Gasteiger partial charge on any atom is -0.325 e. The van der Waals surface area contributed by atoms with Crippen molar-refractivity contribution in [1.82, 2.24) is 9.97 Å². The number of thiazole rings is 2. The first kappa shape index (κ1) is 25.3. The van der Waals surface area contributed by atoms with Crippen LogP contribution in [0.3, 0.4) is 0 Å². The van der Waals surface area contributed by atoms with Crippen LogP contribution in [-0.2, 0) is 9.59 Å². The maximum Gasteiger partial charge on any atom is 0.234 e. The van der Waals surface area contributed by atoms with E-state index in [1.54, 1.807) is 24.3 Å². The zero-order valence-electron chi connectivity index (χ0n) is 18.3. The van der Waals surface area contributed by atoms with Gasteiger partial charge in [0, 0.05) is 21.4 Å². The number of hydrogen-bond acceptors (Lipinski definition) is 8. The van der Waals surface area contributed by atoms with Gasteiger partial charge in [0.15, 0.2) is 8.68 Å². The Morgan fingerprint density at radius 3 is 1.53 bits per heavy atom. The van der Waals surface area contributed by atoms with E-state index < -0.39 is 0 Å². The first-order chi connectivity index (χ1) is 17.4. The van der Waals surface area contributed by atoms with Crippen molar-refractivity contribution in [2.75, 3.05) is 22.1 Å². The van der Waals surface area contributed by atoms with Crippen molar-refractivity contribution in [2.45, 2.75) is 8.68 Å². The Morgan fingerprint density at radius 2 is 1.11 bits per heavy atom. The average Bonchev–Trinajstić information content (AvgIpc) is 3.45. The van der Waals surface area contributed by atoms with Gasteiger partial charge in [0.1, 0.15) is 0 Å². The first-order valence-electron chi connectivity index (χ1n) is 10.5. The molecule has 0 saturated carbocycles. The number of anilines is 2. The van der Waals surface area contributed by atoms with Gasteiger partial charge in [-0.05, 0) is 60.7 Å². The van der Waals surface area contributed by atoms with Gasteiger partial charge in [-0.1, -0.05) is 46.7 Å².